The average molecular weight is 314 g/mol. The smallest absolute Gasteiger partial charge is 0.270 e. The van der Waals surface area contributed by atoms with Gasteiger partial charge in [-0.1, -0.05) is 0 Å². The van der Waals surface area contributed by atoms with Crippen molar-refractivity contribution in [2.75, 3.05) is 20.1 Å². The van der Waals surface area contributed by atoms with Gasteiger partial charge in [0.15, 0.2) is 0 Å². The van der Waals surface area contributed by atoms with Crippen LogP contribution < -0.4 is 5.32 Å². The highest BCUT2D eigenvalue weighted by atomic mass is 79.9. The number of carbonyl (C=O) groups excluding carboxylic acids is 1. The summed E-state index contributed by atoms with van der Waals surface area (Å²) >= 11 is 3.44. The lowest BCUT2D eigenvalue weighted by molar-refractivity contribution is 0.0726. The lowest BCUT2D eigenvalue weighted by Crippen LogP contribution is -2.41. The van der Waals surface area contributed by atoms with E-state index in [0.29, 0.717) is 6.04 Å². The number of hydrogen-bond donors (Lipinski definition) is 1. The Morgan fingerprint density at radius 1 is 1.61 bits per heavy atom. The Bertz CT molecular complexity index is 430. The summed E-state index contributed by atoms with van der Waals surface area (Å²) in [4.78, 5) is 14.6. The first-order chi connectivity index (χ1) is 8.67. The van der Waals surface area contributed by atoms with E-state index in [1.54, 1.807) is 0 Å². The van der Waals surface area contributed by atoms with Crippen molar-refractivity contribution in [3.05, 3.63) is 22.4 Å². The lowest BCUT2D eigenvalue weighted by Gasteiger charge is -2.25. The molecule has 1 unspecified atom stereocenters. The quantitative estimate of drug-likeness (QED) is 0.924. The number of aromatic nitrogens is 1. The summed E-state index contributed by atoms with van der Waals surface area (Å²) in [6, 6.07) is 2.25. The van der Waals surface area contributed by atoms with Crippen molar-refractivity contribution in [1.29, 1.82) is 0 Å². The van der Waals surface area contributed by atoms with Gasteiger partial charge in [0.1, 0.15) is 5.69 Å². The van der Waals surface area contributed by atoms with Gasteiger partial charge in [0.05, 0.1) is 0 Å². The molecule has 1 fully saturated rings. The maximum atomic E-state index is 12.6. The molecule has 1 aromatic rings. The van der Waals surface area contributed by atoms with E-state index in [2.05, 4.69) is 28.2 Å². The number of hydrogen-bond acceptors (Lipinski definition) is 2. The van der Waals surface area contributed by atoms with Crippen molar-refractivity contribution in [1.82, 2.24) is 14.8 Å². The number of likely N-dealkylation sites (N-methyl/N-ethyl adjacent to an activating group) is 1. The molecule has 1 aromatic heterocycles. The molecule has 1 amide bonds. The van der Waals surface area contributed by atoms with Gasteiger partial charge in [-0.05, 0) is 48.8 Å². The van der Waals surface area contributed by atoms with Crippen LogP contribution in [0.2, 0.25) is 0 Å². The first-order valence-electron chi connectivity index (χ1n) is 6.48. The van der Waals surface area contributed by atoms with Crippen LogP contribution in [0, 0.1) is 0 Å². The number of halogens is 1. The van der Waals surface area contributed by atoms with Crippen molar-refractivity contribution in [3.63, 3.8) is 0 Å². The second kappa shape index (κ2) is 5.89. The largest absolute Gasteiger partial charge is 0.343 e. The molecular formula is C13H20BrN3O. The fourth-order valence-corrected chi connectivity index (χ4v) is 3.08. The molecule has 2 heterocycles. The zero-order valence-corrected chi connectivity index (χ0v) is 12.5. The summed E-state index contributed by atoms with van der Waals surface area (Å²) in [5, 5.41) is 3.17. The first kappa shape index (κ1) is 13.6. The minimum Gasteiger partial charge on any atom is -0.343 e. The molecule has 5 heteroatoms. The van der Waals surface area contributed by atoms with Gasteiger partial charge in [0.25, 0.3) is 5.91 Å². The van der Waals surface area contributed by atoms with Crippen molar-refractivity contribution >= 4 is 21.8 Å². The molecule has 1 N–H and O–H groups in total. The number of amides is 1. The number of nitrogens with zero attached hydrogens (tertiary/aromatic N) is 2. The van der Waals surface area contributed by atoms with E-state index in [0.717, 1.165) is 42.6 Å². The van der Waals surface area contributed by atoms with Crippen LogP contribution in [0.3, 0.4) is 0 Å². The number of aryl methyl sites for hydroxylation is 1. The Labute approximate surface area is 116 Å². The minimum absolute atomic E-state index is 0.153. The van der Waals surface area contributed by atoms with Crippen LogP contribution in [-0.4, -0.2) is 41.6 Å². The highest BCUT2D eigenvalue weighted by Crippen LogP contribution is 2.22. The van der Waals surface area contributed by atoms with E-state index in [9.17, 15) is 4.79 Å². The summed E-state index contributed by atoms with van der Waals surface area (Å²) in [5.74, 6) is 0.153. The van der Waals surface area contributed by atoms with Gasteiger partial charge in [0.2, 0.25) is 0 Å². The normalized spacial score (nSPS) is 19.5. The van der Waals surface area contributed by atoms with Gasteiger partial charge >= 0.3 is 0 Å². The Balaban J connectivity index is 2.19. The monoisotopic (exact) mass is 313 g/mol. The Kier molecular flexibility index (Phi) is 4.45. The molecular weight excluding hydrogens is 294 g/mol. The molecule has 1 aliphatic rings. The van der Waals surface area contributed by atoms with Crippen LogP contribution in [-0.2, 0) is 6.54 Å². The maximum Gasteiger partial charge on any atom is 0.270 e. The van der Waals surface area contributed by atoms with Gasteiger partial charge in [-0.2, -0.15) is 0 Å². The average Bonchev–Trinajstić information content (AvgIpc) is 2.95. The fraction of sp³-hybridized carbons (Fsp3) is 0.615. The molecule has 0 radical (unpaired) electrons. The van der Waals surface area contributed by atoms with Gasteiger partial charge in [-0.15, -0.1) is 0 Å². The Hall–Kier alpha value is -0.810. The van der Waals surface area contributed by atoms with Crippen molar-refractivity contribution in [2.45, 2.75) is 32.4 Å². The Morgan fingerprint density at radius 2 is 2.39 bits per heavy atom. The van der Waals surface area contributed by atoms with Gasteiger partial charge < -0.3 is 14.8 Å². The summed E-state index contributed by atoms with van der Waals surface area (Å²) < 4.78 is 2.97. The Morgan fingerprint density at radius 3 is 3.06 bits per heavy atom. The molecule has 0 spiro atoms. The molecule has 1 aliphatic heterocycles. The number of rotatable bonds is 4. The zero-order valence-electron chi connectivity index (χ0n) is 10.9. The third-order valence-electron chi connectivity index (χ3n) is 3.50. The number of likely N-dealkylation sites (tertiary alicyclic amines) is 1. The molecule has 0 saturated carbocycles. The maximum absolute atomic E-state index is 12.6. The van der Waals surface area contributed by atoms with Crippen LogP contribution in [0.15, 0.2) is 16.7 Å². The molecule has 2 rings (SSSR count). The standard InChI is InChI=1S/C13H20BrN3O/c1-3-16-9-10(14)7-12(16)13(18)17-6-4-5-11(17)8-15-2/h7,9,11,15H,3-6,8H2,1-2H3. The predicted octanol–water partition coefficient (Wildman–Crippen LogP) is 2.09. The minimum atomic E-state index is 0.153. The summed E-state index contributed by atoms with van der Waals surface area (Å²) in [6.07, 6.45) is 4.17. The molecule has 0 aromatic carbocycles. The summed E-state index contributed by atoms with van der Waals surface area (Å²) in [6.45, 7) is 4.62. The van der Waals surface area contributed by atoms with E-state index in [-0.39, 0.29) is 5.91 Å². The molecule has 18 heavy (non-hydrogen) atoms. The highest BCUT2D eigenvalue weighted by molar-refractivity contribution is 9.10. The van der Waals surface area contributed by atoms with E-state index in [4.69, 9.17) is 0 Å². The van der Waals surface area contributed by atoms with Crippen LogP contribution in [0.1, 0.15) is 30.3 Å². The lowest BCUT2D eigenvalue weighted by atomic mass is 10.2. The third kappa shape index (κ3) is 2.62. The number of nitrogens with one attached hydrogen (secondary N) is 1. The molecule has 4 nitrogen and oxygen atoms in total. The van der Waals surface area contributed by atoms with Gasteiger partial charge in [-0.25, -0.2) is 0 Å². The second-order valence-corrected chi connectivity index (χ2v) is 5.60. The van der Waals surface area contributed by atoms with Crippen LogP contribution >= 0.6 is 15.9 Å². The molecule has 1 saturated heterocycles. The molecule has 1 atom stereocenters. The third-order valence-corrected chi connectivity index (χ3v) is 3.93. The summed E-state index contributed by atoms with van der Waals surface area (Å²) in [5.41, 5.74) is 0.785. The van der Waals surface area contributed by atoms with Gasteiger partial charge in [0, 0.05) is 36.3 Å². The number of carbonyl (C=O) groups is 1. The topological polar surface area (TPSA) is 37.3 Å². The second-order valence-electron chi connectivity index (χ2n) is 4.68. The SMILES string of the molecule is CCn1cc(Br)cc1C(=O)N1CCCC1CNC. The van der Waals surface area contributed by atoms with Crippen molar-refractivity contribution in [2.24, 2.45) is 0 Å². The van der Waals surface area contributed by atoms with Crippen LogP contribution in [0.4, 0.5) is 0 Å². The predicted molar refractivity (Wildman–Crippen MR) is 75.8 cm³/mol. The molecule has 0 aliphatic carbocycles. The molecule has 100 valence electrons. The van der Waals surface area contributed by atoms with Gasteiger partial charge in [-0.3, -0.25) is 4.79 Å². The van der Waals surface area contributed by atoms with Crippen LogP contribution in [0.25, 0.3) is 0 Å². The van der Waals surface area contributed by atoms with Crippen molar-refractivity contribution < 1.29 is 4.79 Å². The van der Waals surface area contributed by atoms with E-state index in [1.165, 1.54) is 0 Å². The van der Waals surface area contributed by atoms with E-state index < -0.39 is 0 Å². The van der Waals surface area contributed by atoms with E-state index in [1.807, 2.05) is 28.8 Å². The van der Waals surface area contributed by atoms with Crippen molar-refractivity contribution in [3.8, 4) is 0 Å². The fourth-order valence-electron chi connectivity index (χ4n) is 2.61. The summed E-state index contributed by atoms with van der Waals surface area (Å²) in [7, 11) is 1.94. The molecule has 0 bridgehead atoms. The van der Waals surface area contributed by atoms with E-state index >= 15 is 0 Å². The first-order valence-corrected chi connectivity index (χ1v) is 7.28. The van der Waals surface area contributed by atoms with Crippen LogP contribution in [0.5, 0.6) is 0 Å². The zero-order chi connectivity index (χ0) is 13.1. The highest BCUT2D eigenvalue weighted by Gasteiger charge is 2.30.